The molecule has 0 saturated carbocycles. The van der Waals surface area contributed by atoms with E-state index in [-0.39, 0.29) is 6.85 Å². The number of hydrogen-bond donors (Lipinski definition) is 0. The van der Waals surface area contributed by atoms with Crippen molar-refractivity contribution in [2.24, 2.45) is 10.1 Å². The summed E-state index contributed by atoms with van der Waals surface area (Å²) in [5.41, 5.74) is 5.74. The third-order valence-corrected chi connectivity index (χ3v) is 4.77. The van der Waals surface area contributed by atoms with Gasteiger partial charge in [0.15, 0.2) is 0 Å². The van der Waals surface area contributed by atoms with Gasteiger partial charge in [0.25, 0.3) is 0 Å². The molecule has 3 nitrogen and oxygen atoms in total. The van der Waals surface area contributed by atoms with Gasteiger partial charge in [0.1, 0.15) is 0 Å². The Morgan fingerprint density at radius 2 is 1.68 bits per heavy atom. The van der Waals surface area contributed by atoms with Gasteiger partial charge in [-0.3, -0.25) is 4.99 Å². The molecule has 0 radical (unpaired) electrons. The molecule has 0 aliphatic carbocycles. The summed E-state index contributed by atoms with van der Waals surface area (Å²) >= 11 is 0. The first-order valence-corrected chi connectivity index (χ1v) is 10.3. The summed E-state index contributed by atoms with van der Waals surface area (Å²) in [5, 5.41) is 4.98. The zero-order chi connectivity index (χ0) is 23.2. The summed E-state index contributed by atoms with van der Waals surface area (Å²) < 4.78 is 0. The number of rotatable bonds is 12. The summed E-state index contributed by atoms with van der Waals surface area (Å²) in [4.78, 5) is 6.37. The fourth-order valence-corrected chi connectivity index (χ4v) is 2.86. The summed E-state index contributed by atoms with van der Waals surface area (Å²) in [7, 11) is 1.75. The predicted molar refractivity (Wildman–Crippen MR) is 141 cm³/mol. The van der Waals surface area contributed by atoms with E-state index in [9.17, 15) is 0 Å². The van der Waals surface area contributed by atoms with Crippen molar-refractivity contribution < 1.29 is 0 Å². The second kappa shape index (κ2) is 13.8. The Bertz CT molecular complexity index is 928. The van der Waals surface area contributed by atoms with E-state index in [0.29, 0.717) is 12.0 Å². The molecule has 0 atom stereocenters. The lowest BCUT2D eigenvalue weighted by atomic mass is 9.52. The fraction of sp³-hybridized carbons (Fsp3) is 0.185. The monoisotopic (exact) mass is 411 g/mol. The van der Waals surface area contributed by atoms with Crippen molar-refractivity contribution in [3.63, 3.8) is 0 Å². The minimum atomic E-state index is -0.0639. The van der Waals surface area contributed by atoms with Crippen LogP contribution in [-0.2, 0) is 0 Å². The molecule has 31 heavy (non-hydrogen) atoms. The van der Waals surface area contributed by atoms with E-state index in [4.69, 9.17) is 5.10 Å². The van der Waals surface area contributed by atoms with Gasteiger partial charge in [-0.05, 0) is 38.7 Å². The first kappa shape index (κ1) is 25.6. The molecule has 0 aromatic heterocycles. The van der Waals surface area contributed by atoms with E-state index in [1.807, 2.05) is 55.2 Å². The van der Waals surface area contributed by atoms with E-state index in [2.05, 4.69) is 62.5 Å². The highest BCUT2D eigenvalue weighted by atomic mass is 15.4. The minimum Gasteiger partial charge on any atom is -0.303 e. The van der Waals surface area contributed by atoms with Crippen molar-refractivity contribution in [2.75, 3.05) is 7.05 Å². The smallest absolute Gasteiger partial charge is 0.303 e. The maximum absolute atomic E-state index is 4.98. The summed E-state index contributed by atoms with van der Waals surface area (Å²) in [6.45, 7) is 21.8. The lowest BCUT2D eigenvalue weighted by Gasteiger charge is -2.29. The number of benzene rings is 1. The number of aryl methyl sites for hydroxylation is 1. The zero-order valence-corrected chi connectivity index (χ0v) is 19.4. The van der Waals surface area contributed by atoms with E-state index in [1.54, 1.807) is 19.2 Å². The highest BCUT2D eigenvalue weighted by Crippen LogP contribution is 2.16. The summed E-state index contributed by atoms with van der Waals surface area (Å²) in [6.07, 6.45) is 15.7. The molecular formula is C27H34BN3. The van der Waals surface area contributed by atoms with Gasteiger partial charge in [0.05, 0.1) is 17.1 Å². The normalized spacial score (nSPS) is 12.8. The third kappa shape index (κ3) is 8.10. The summed E-state index contributed by atoms with van der Waals surface area (Å²) in [5.74, 6) is 0. The Hall–Kier alpha value is -3.40. The molecule has 0 aliphatic heterocycles. The van der Waals surface area contributed by atoms with Gasteiger partial charge < -0.3 is 4.92 Å². The van der Waals surface area contributed by atoms with E-state index in [1.165, 1.54) is 5.56 Å². The number of hydrogen-bond acceptors (Lipinski definition) is 3. The van der Waals surface area contributed by atoms with Crippen molar-refractivity contribution in [1.82, 2.24) is 4.92 Å². The lowest BCUT2D eigenvalue weighted by Crippen LogP contribution is -2.46. The zero-order valence-electron chi connectivity index (χ0n) is 19.4. The first-order valence-electron chi connectivity index (χ1n) is 10.3. The van der Waals surface area contributed by atoms with Crippen molar-refractivity contribution in [1.29, 1.82) is 0 Å². The maximum atomic E-state index is 4.98. The van der Waals surface area contributed by atoms with Gasteiger partial charge in [0.2, 0.25) is 0 Å². The molecule has 0 unspecified atom stereocenters. The van der Waals surface area contributed by atoms with Crippen LogP contribution in [0.2, 0.25) is 6.32 Å². The van der Waals surface area contributed by atoms with Gasteiger partial charge in [-0.2, -0.15) is 5.10 Å². The van der Waals surface area contributed by atoms with Crippen LogP contribution in [0.1, 0.15) is 19.4 Å². The average molecular weight is 411 g/mol. The van der Waals surface area contributed by atoms with Gasteiger partial charge in [-0.1, -0.05) is 97.6 Å². The van der Waals surface area contributed by atoms with Gasteiger partial charge in [-0.15, -0.1) is 6.58 Å². The van der Waals surface area contributed by atoms with Crippen molar-refractivity contribution >= 4 is 23.7 Å². The largest absolute Gasteiger partial charge is 0.320 e. The minimum absolute atomic E-state index is 0.0639. The number of nitrogens with zero attached hydrogens (tertiary/aromatic N) is 3. The van der Waals surface area contributed by atoms with Crippen LogP contribution in [0, 0.1) is 6.92 Å². The second-order valence-electron chi connectivity index (χ2n) is 7.10. The molecule has 0 aliphatic rings. The number of aliphatic imine (C=N–C) groups is 1. The van der Waals surface area contributed by atoms with Crippen LogP contribution < -0.4 is 5.46 Å². The van der Waals surface area contributed by atoms with E-state index >= 15 is 0 Å². The molecule has 1 aromatic rings. The van der Waals surface area contributed by atoms with Crippen LogP contribution >= 0.6 is 0 Å². The van der Waals surface area contributed by atoms with Crippen LogP contribution in [-0.4, -0.2) is 30.2 Å². The topological polar surface area (TPSA) is 28.0 Å². The van der Waals surface area contributed by atoms with Gasteiger partial charge in [-0.25, -0.2) is 0 Å². The summed E-state index contributed by atoms with van der Waals surface area (Å²) in [6, 6.07) is 8.49. The SMILES string of the molecule is C=C\C=C/C=C(C)/C(C)=N/N(B(CC=C)c1ccc(C)cc1)C(=C)C(/C=C\C=C)=NC. The molecule has 0 N–H and O–H groups in total. The molecule has 0 fully saturated rings. The first-order chi connectivity index (χ1) is 14.9. The molecule has 160 valence electrons. The van der Waals surface area contributed by atoms with Crippen molar-refractivity contribution in [3.8, 4) is 0 Å². The van der Waals surface area contributed by atoms with Crippen LogP contribution in [0.5, 0.6) is 0 Å². The second-order valence-corrected chi connectivity index (χ2v) is 7.10. The average Bonchev–Trinajstić information content (AvgIpc) is 2.77. The maximum Gasteiger partial charge on any atom is 0.320 e. The highest BCUT2D eigenvalue weighted by molar-refractivity contribution is 6.71. The molecule has 1 rings (SSSR count). The highest BCUT2D eigenvalue weighted by Gasteiger charge is 2.27. The number of hydrazone groups is 1. The third-order valence-electron chi connectivity index (χ3n) is 4.77. The Kier molecular flexibility index (Phi) is 11.4. The van der Waals surface area contributed by atoms with Crippen LogP contribution in [0.15, 0.2) is 121 Å². The molecular weight excluding hydrogens is 377 g/mol. The molecule has 0 bridgehead atoms. The fourth-order valence-electron chi connectivity index (χ4n) is 2.86. The molecule has 4 heteroatoms. The Balaban J connectivity index is 3.57. The molecule has 1 aromatic carbocycles. The van der Waals surface area contributed by atoms with E-state index in [0.717, 1.165) is 22.5 Å². The van der Waals surface area contributed by atoms with Crippen LogP contribution in [0.25, 0.3) is 0 Å². The molecule has 0 amide bonds. The standard InChI is InChI=1S/C27H34BN3/c1-9-12-14-15-23(5)24(6)30-31(25(7)27(29-8)16-13-10-2)28(21-11-3)26-19-17-22(4)18-20-26/h9-20H,1-3,7,21H2,4-6,8H3/b14-12-,16-13-,23-15+,29-27?,30-24+. The Morgan fingerprint density at radius 3 is 2.23 bits per heavy atom. The number of allylic oxidation sites excluding steroid dienone is 9. The lowest BCUT2D eigenvalue weighted by molar-refractivity contribution is 0.603. The Morgan fingerprint density at radius 1 is 1.03 bits per heavy atom. The Labute approximate surface area is 189 Å². The van der Waals surface area contributed by atoms with Gasteiger partial charge in [0, 0.05) is 7.05 Å². The van der Waals surface area contributed by atoms with Crippen LogP contribution in [0.4, 0.5) is 0 Å². The molecule has 0 spiro atoms. The predicted octanol–water partition coefficient (Wildman–Crippen LogP) is 6.07. The quantitative estimate of drug-likeness (QED) is 0.135. The van der Waals surface area contributed by atoms with Crippen LogP contribution in [0.3, 0.4) is 0 Å². The molecule has 0 saturated heterocycles. The van der Waals surface area contributed by atoms with Gasteiger partial charge >= 0.3 is 6.85 Å². The van der Waals surface area contributed by atoms with E-state index < -0.39 is 0 Å². The van der Waals surface area contributed by atoms with Crippen molar-refractivity contribution in [2.45, 2.75) is 27.1 Å². The van der Waals surface area contributed by atoms with Crippen molar-refractivity contribution in [3.05, 3.63) is 116 Å². The molecule has 0 heterocycles.